The molecule has 2 N–H and O–H groups in total. The van der Waals surface area contributed by atoms with Crippen LogP contribution in [0.5, 0.6) is 5.75 Å². The van der Waals surface area contributed by atoms with Crippen molar-refractivity contribution in [3.63, 3.8) is 0 Å². The zero-order chi connectivity index (χ0) is 10.6. The van der Waals surface area contributed by atoms with E-state index in [4.69, 9.17) is 10.5 Å². The van der Waals surface area contributed by atoms with Gasteiger partial charge in [-0.25, -0.2) is 4.39 Å². The highest BCUT2D eigenvalue weighted by Gasteiger charge is 2.09. The average Bonchev–Trinajstić information content (AvgIpc) is 2.20. The van der Waals surface area contributed by atoms with Gasteiger partial charge in [-0.15, -0.1) is 0 Å². The van der Waals surface area contributed by atoms with E-state index in [1.54, 1.807) is 18.2 Å². The fourth-order valence-corrected chi connectivity index (χ4v) is 1.63. The maximum absolute atomic E-state index is 13.2. The minimum absolute atomic E-state index is 0.000418. The molecule has 1 atom stereocenters. The summed E-state index contributed by atoms with van der Waals surface area (Å²) in [4.78, 5) is 0. The van der Waals surface area contributed by atoms with Crippen molar-refractivity contribution in [3.05, 3.63) is 28.2 Å². The first-order chi connectivity index (χ1) is 6.69. The van der Waals surface area contributed by atoms with Crippen molar-refractivity contribution in [2.45, 2.75) is 13.1 Å². The number of alkyl halides is 1. The molecular formula is C10H13BrFNO. The van der Waals surface area contributed by atoms with E-state index in [2.05, 4.69) is 15.9 Å². The van der Waals surface area contributed by atoms with Gasteiger partial charge in [0, 0.05) is 6.54 Å². The summed E-state index contributed by atoms with van der Waals surface area (Å²) < 4.78 is 19.2. The van der Waals surface area contributed by atoms with E-state index in [0.717, 1.165) is 10.2 Å². The van der Waals surface area contributed by atoms with Crippen molar-refractivity contribution in [2.75, 3.05) is 13.2 Å². The van der Waals surface area contributed by atoms with Gasteiger partial charge in [0.05, 0.1) is 11.1 Å². The number of nitrogens with two attached hydrogens (primary N) is 1. The SMILES string of the molecule is CCOc1ccc(C(F)CN)cc1Br. The molecule has 0 radical (unpaired) electrons. The third-order valence-corrected chi connectivity index (χ3v) is 2.44. The summed E-state index contributed by atoms with van der Waals surface area (Å²) >= 11 is 3.31. The Kier molecular flexibility index (Phi) is 4.35. The fraction of sp³-hybridized carbons (Fsp3) is 0.400. The molecule has 0 aliphatic heterocycles. The highest BCUT2D eigenvalue weighted by atomic mass is 79.9. The summed E-state index contributed by atoms with van der Waals surface area (Å²) in [5.41, 5.74) is 5.80. The van der Waals surface area contributed by atoms with Crippen molar-refractivity contribution in [1.29, 1.82) is 0 Å². The molecule has 4 heteroatoms. The van der Waals surface area contributed by atoms with Crippen LogP contribution in [0.15, 0.2) is 22.7 Å². The fourth-order valence-electron chi connectivity index (χ4n) is 1.12. The van der Waals surface area contributed by atoms with E-state index in [9.17, 15) is 4.39 Å². The smallest absolute Gasteiger partial charge is 0.137 e. The van der Waals surface area contributed by atoms with E-state index < -0.39 is 6.17 Å². The molecule has 0 amide bonds. The lowest BCUT2D eigenvalue weighted by Gasteiger charge is -2.09. The summed E-state index contributed by atoms with van der Waals surface area (Å²) in [6.45, 7) is 2.49. The molecule has 14 heavy (non-hydrogen) atoms. The molecule has 0 spiro atoms. The summed E-state index contributed by atoms with van der Waals surface area (Å²) in [5, 5.41) is 0. The molecule has 1 aromatic rings. The highest BCUT2D eigenvalue weighted by molar-refractivity contribution is 9.10. The van der Waals surface area contributed by atoms with Crippen molar-refractivity contribution in [1.82, 2.24) is 0 Å². The molecule has 1 unspecified atom stereocenters. The summed E-state index contributed by atoms with van der Waals surface area (Å²) in [5.74, 6) is 0.723. The van der Waals surface area contributed by atoms with Gasteiger partial charge >= 0.3 is 0 Å². The normalized spacial score (nSPS) is 12.6. The second kappa shape index (κ2) is 5.32. The first kappa shape index (κ1) is 11.5. The molecule has 0 saturated carbocycles. The highest BCUT2D eigenvalue weighted by Crippen LogP contribution is 2.29. The van der Waals surface area contributed by atoms with Gasteiger partial charge in [-0.05, 0) is 40.5 Å². The molecule has 0 heterocycles. The van der Waals surface area contributed by atoms with Crippen LogP contribution >= 0.6 is 15.9 Å². The Balaban J connectivity index is 2.88. The number of hydrogen-bond donors (Lipinski definition) is 1. The van der Waals surface area contributed by atoms with Gasteiger partial charge in [0.25, 0.3) is 0 Å². The van der Waals surface area contributed by atoms with Crippen LogP contribution < -0.4 is 10.5 Å². The van der Waals surface area contributed by atoms with Crippen molar-refractivity contribution in [2.24, 2.45) is 5.73 Å². The Hall–Kier alpha value is -0.610. The van der Waals surface area contributed by atoms with Gasteiger partial charge < -0.3 is 10.5 Å². The molecule has 78 valence electrons. The summed E-state index contributed by atoms with van der Waals surface area (Å²) in [6.07, 6.45) is -1.11. The number of ether oxygens (including phenoxy) is 1. The largest absolute Gasteiger partial charge is 0.493 e. The van der Waals surface area contributed by atoms with Gasteiger partial charge in [0.15, 0.2) is 0 Å². The minimum Gasteiger partial charge on any atom is -0.493 e. The molecule has 2 nitrogen and oxygen atoms in total. The van der Waals surface area contributed by atoms with Crippen LogP contribution in [0.4, 0.5) is 4.39 Å². The van der Waals surface area contributed by atoms with Crippen molar-refractivity contribution < 1.29 is 9.13 Å². The van der Waals surface area contributed by atoms with Crippen LogP contribution in [0.2, 0.25) is 0 Å². The lowest BCUT2D eigenvalue weighted by atomic mass is 10.1. The average molecular weight is 262 g/mol. The van der Waals surface area contributed by atoms with E-state index in [1.165, 1.54) is 0 Å². The standard InChI is InChI=1S/C10H13BrFNO/c1-2-14-10-4-3-7(5-8(10)11)9(12)6-13/h3-5,9H,2,6,13H2,1H3. The van der Waals surface area contributed by atoms with E-state index in [0.29, 0.717) is 12.2 Å². The lowest BCUT2D eigenvalue weighted by Crippen LogP contribution is -2.07. The van der Waals surface area contributed by atoms with E-state index in [-0.39, 0.29) is 6.54 Å². The molecule has 0 aliphatic carbocycles. The minimum atomic E-state index is -1.11. The van der Waals surface area contributed by atoms with Crippen LogP contribution in [0.3, 0.4) is 0 Å². The third-order valence-electron chi connectivity index (χ3n) is 1.82. The van der Waals surface area contributed by atoms with E-state index >= 15 is 0 Å². The van der Waals surface area contributed by atoms with Gasteiger partial charge in [0.2, 0.25) is 0 Å². The molecule has 0 aromatic heterocycles. The second-order valence-corrected chi connectivity index (χ2v) is 3.68. The Morgan fingerprint density at radius 2 is 2.29 bits per heavy atom. The predicted octanol–water partition coefficient (Wildman–Crippen LogP) is 2.82. The number of halogens is 2. The zero-order valence-corrected chi connectivity index (χ0v) is 9.55. The van der Waals surface area contributed by atoms with Crippen LogP contribution in [0.1, 0.15) is 18.7 Å². The molecule has 0 aliphatic rings. The Morgan fingerprint density at radius 1 is 1.57 bits per heavy atom. The molecule has 1 rings (SSSR count). The van der Waals surface area contributed by atoms with Crippen LogP contribution in [-0.2, 0) is 0 Å². The zero-order valence-electron chi connectivity index (χ0n) is 7.97. The Labute approximate surface area is 91.4 Å². The Bertz CT molecular complexity index is 306. The Morgan fingerprint density at radius 3 is 2.79 bits per heavy atom. The molecular weight excluding hydrogens is 249 g/mol. The predicted molar refractivity (Wildman–Crippen MR) is 58.2 cm³/mol. The second-order valence-electron chi connectivity index (χ2n) is 2.83. The van der Waals surface area contributed by atoms with Gasteiger partial charge in [-0.1, -0.05) is 6.07 Å². The van der Waals surface area contributed by atoms with Crippen molar-refractivity contribution in [3.8, 4) is 5.75 Å². The van der Waals surface area contributed by atoms with Gasteiger partial charge in [-0.2, -0.15) is 0 Å². The van der Waals surface area contributed by atoms with Crippen molar-refractivity contribution >= 4 is 15.9 Å². The van der Waals surface area contributed by atoms with Gasteiger partial charge in [-0.3, -0.25) is 0 Å². The molecule has 0 bridgehead atoms. The number of hydrogen-bond acceptors (Lipinski definition) is 2. The van der Waals surface area contributed by atoms with Crippen LogP contribution in [0.25, 0.3) is 0 Å². The molecule has 0 fully saturated rings. The van der Waals surface area contributed by atoms with Crippen LogP contribution in [0, 0.1) is 0 Å². The topological polar surface area (TPSA) is 35.2 Å². The van der Waals surface area contributed by atoms with Crippen LogP contribution in [-0.4, -0.2) is 13.2 Å². The van der Waals surface area contributed by atoms with E-state index in [1.807, 2.05) is 6.92 Å². The first-order valence-corrected chi connectivity index (χ1v) is 5.24. The molecule has 0 saturated heterocycles. The summed E-state index contributed by atoms with van der Waals surface area (Å²) in [6, 6.07) is 5.13. The molecule has 1 aromatic carbocycles. The quantitative estimate of drug-likeness (QED) is 0.905. The maximum Gasteiger partial charge on any atom is 0.137 e. The maximum atomic E-state index is 13.2. The third kappa shape index (κ3) is 2.69. The van der Waals surface area contributed by atoms with Gasteiger partial charge in [0.1, 0.15) is 11.9 Å². The summed E-state index contributed by atoms with van der Waals surface area (Å²) in [7, 11) is 0. The number of benzene rings is 1. The first-order valence-electron chi connectivity index (χ1n) is 4.45. The monoisotopic (exact) mass is 261 g/mol. The lowest BCUT2D eigenvalue weighted by molar-refractivity contribution is 0.335. The number of rotatable bonds is 4.